The van der Waals surface area contributed by atoms with Crippen molar-refractivity contribution in [3.8, 4) is 11.5 Å². The number of aromatic hydroxyl groups is 1. The number of hydroxylamine groups is 1. The monoisotopic (exact) mass is 396 g/mol. The highest BCUT2D eigenvalue weighted by molar-refractivity contribution is 7.85. The first-order valence-electron chi connectivity index (χ1n) is 7.32. The summed E-state index contributed by atoms with van der Waals surface area (Å²) in [5.74, 6) is -0.175. The van der Waals surface area contributed by atoms with E-state index in [-0.39, 0.29) is 15.8 Å². The lowest BCUT2D eigenvalue weighted by atomic mass is 10.2. The van der Waals surface area contributed by atoms with Gasteiger partial charge in [-0.05, 0) is 31.2 Å². The zero-order valence-electron chi connectivity index (χ0n) is 14.6. The molecule has 27 heavy (non-hydrogen) atoms. The molecule has 0 aliphatic rings. The van der Waals surface area contributed by atoms with Crippen LogP contribution in [0, 0.1) is 12.3 Å². The Morgan fingerprint density at radius 3 is 2.30 bits per heavy atom. The molecule has 0 aliphatic heterocycles. The predicted molar refractivity (Wildman–Crippen MR) is 98.8 cm³/mol. The molecule has 0 amide bonds. The number of nitrogens with one attached hydrogen (secondary N) is 1. The fourth-order valence-corrected chi connectivity index (χ4v) is 2.13. The second-order valence-electron chi connectivity index (χ2n) is 5.13. The summed E-state index contributed by atoms with van der Waals surface area (Å²) in [6.07, 6.45) is 1.16. The number of rotatable bonds is 4. The third-order valence-corrected chi connectivity index (χ3v) is 3.95. The van der Waals surface area contributed by atoms with Crippen LogP contribution in [-0.4, -0.2) is 47.7 Å². The second-order valence-corrected chi connectivity index (χ2v) is 6.55. The van der Waals surface area contributed by atoms with Crippen molar-refractivity contribution in [3.63, 3.8) is 0 Å². The highest BCUT2D eigenvalue weighted by atomic mass is 32.2. The van der Waals surface area contributed by atoms with Crippen LogP contribution in [0.2, 0.25) is 0 Å². The molecule has 2 aromatic rings. The van der Waals surface area contributed by atoms with Gasteiger partial charge in [-0.15, -0.1) is 5.17 Å². The van der Waals surface area contributed by atoms with Crippen molar-refractivity contribution in [1.82, 2.24) is 5.17 Å². The number of aryl methyl sites for hydroxylation is 1. The number of nitrogens with zero attached hydrogens (tertiary/aromatic N) is 2. The van der Waals surface area contributed by atoms with E-state index >= 15 is 0 Å². The average Bonchev–Trinajstić information content (AvgIpc) is 2.60. The number of guanidine groups is 1. The Hall–Kier alpha value is -3.15. The number of nitrogens with two attached hydrogens (primary N) is 1. The van der Waals surface area contributed by atoms with Crippen molar-refractivity contribution >= 4 is 22.3 Å². The summed E-state index contributed by atoms with van der Waals surface area (Å²) in [7, 11) is -2.54. The Kier molecular flexibility index (Phi) is 7.72. The van der Waals surface area contributed by atoms with Crippen molar-refractivity contribution in [2.24, 2.45) is 10.8 Å². The van der Waals surface area contributed by atoms with Crippen LogP contribution in [0.15, 0.2) is 52.5 Å². The Labute approximate surface area is 156 Å². The first kappa shape index (κ1) is 21.9. The number of ether oxygens (including phenoxy) is 1. The third kappa shape index (κ3) is 7.32. The van der Waals surface area contributed by atoms with E-state index in [1.807, 2.05) is 6.92 Å². The maximum Gasteiger partial charge on any atom is 0.294 e. The van der Waals surface area contributed by atoms with E-state index in [2.05, 4.69) is 5.10 Å². The fourth-order valence-electron chi connectivity index (χ4n) is 1.65. The lowest BCUT2D eigenvalue weighted by Gasteiger charge is -2.06. The highest BCUT2D eigenvalue weighted by Crippen LogP contribution is 2.21. The highest BCUT2D eigenvalue weighted by Gasteiger charge is 2.06. The number of hydrogen-bond donors (Lipinski definition) is 5. The minimum Gasteiger partial charge on any atom is -0.507 e. The zero-order valence-corrected chi connectivity index (χ0v) is 15.4. The van der Waals surface area contributed by atoms with Gasteiger partial charge in [-0.25, -0.2) is 0 Å². The van der Waals surface area contributed by atoms with E-state index in [0.29, 0.717) is 11.3 Å². The second kappa shape index (κ2) is 9.52. The number of benzene rings is 2. The quantitative estimate of drug-likeness (QED) is 0.224. The van der Waals surface area contributed by atoms with Gasteiger partial charge in [0.1, 0.15) is 11.5 Å². The molecule has 0 saturated heterocycles. The molecule has 2 aromatic carbocycles. The SMILES string of the molecule is COc1ccc(C=NN(O)C(=N)N)c(O)c1.Cc1ccc(S(=O)(=O)O)cc1. The van der Waals surface area contributed by atoms with Gasteiger partial charge in [0.15, 0.2) is 0 Å². The van der Waals surface area contributed by atoms with Gasteiger partial charge in [-0.1, -0.05) is 17.7 Å². The zero-order chi connectivity index (χ0) is 20.6. The molecule has 146 valence electrons. The molecule has 11 heteroatoms. The molecule has 6 N–H and O–H groups in total. The van der Waals surface area contributed by atoms with Crippen LogP contribution in [0.4, 0.5) is 0 Å². The number of methoxy groups -OCH3 is 1. The molecule has 0 spiro atoms. The van der Waals surface area contributed by atoms with Gasteiger partial charge in [0, 0.05) is 11.6 Å². The molecule has 0 atom stereocenters. The lowest BCUT2D eigenvalue weighted by Crippen LogP contribution is -2.28. The number of phenols is 1. The molecule has 0 saturated carbocycles. The largest absolute Gasteiger partial charge is 0.507 e. The Morgan fingerprint density at radius 2 is 1.85 bits per heavy atom. The van der Waals surface area contributed by atoms with Gasteiger partial charge in [0.25, 0.3) is 10.1 Å². The molecule has 0 unspecified atom stereocenters. The molecule has 0 fully saturated rings. The summed E-state index contributed by atoms with van der Waals surface area (Å²) < 4.78 is 34.4. The van der Waals surface area contributed by atoms with E-state index in [0.717, 1.165) is 11.8 Å². The molecular formula is C16H20N4O6S. The summed E-state index contributed by atoms with van der Waals surface area (Å²) in [5.41, 5.74) is 6.26. The van der Waals surface area contributed by atoms with Crippen LogP contribution in [0.3, 0.4) is 0 Å². The minimum absolute atomic E-state index is 0.0555. The van der Waals surface area contributed by atoms with Crippen LogP contribution in [0.25, 0.3) is 0 Å². The Balaban J connectivity index is 0.000000289. The maximum atomic E-state index is 10.5. The lowest BCUT2D eigenvalue weighted by molar-refractivity contribution is -0.0139. The molecule has 10 nitrogen and oxygen atoms in total. The van der Waals surface area contributed by atoms with Gasteiger partial charge >= 0.3 is 0 Å². The molecular weight excluding hydrogens is 376 g/mol. The van der Waals surface area contributed by atoms with E-state index in [1.165, 1.54) is 25.3 Å². The standard InChI is InChI=1S/C9H12N4O3.C7H8O3S/c1-16-7-3-2-6(8(14)4-7)5-12-13(15)9(10)11;1-6-2-4-7(5-3-6)11(8,9)10/h2-5,14-15H,1H3,(H3,10,11);2-5H,1H3,(H,8,9,10). The Bertz CT molecular complexity index is 913. The van der Waals surface area contributed by atoms with E-state index in [9.17, 15) is 13.5 Å². The topological polar surface area (TPSA) is 170 Å². The van der Waals surface area contributed by atoms with Crippen LogP contribution < -0.4 is 10.5 Å². The maximum absolute atomic E-state index is 10.5. The summed E-state index contributed by atoms with van der Waals surface area (Å²) >= 11 is 0. The normalized spacial score (nSPS) is 10.8. The molecule has 0 aromatic heterocycles. The number of hydrogen-bond acceptors (Lipinski definition) is 7. The van der Waals surface area contributed by atoms with Crippen molar-refractivity contribution in [1.29, 1.82) is 5.41 Å². The van der Waals surface area contributed by atoms with Crippen LogP contribution in [0.5, 0.6) is 11.5 Å². The molecule has 0 heterocycles. The summed E-state index contributed by atoms with van der Waals surface area (Å²) in [4.78, 5) is -0.0666. The van der Waals surface area contributed by atoms with Crippen LogP contribution in [-0.2, 0) is 10.1 Å². The van der Waals surface area contributed by atoms with Gasteiger partial charge in [0.2, 0.25) is 5.96 Å². The first-order chi connectivity index (χ1) is 12.5. The van der Waals surface area contributed by atoms with Crippen LogP contribution in [0.1, 0.15) is 11.1 Å². The van der Waals surface area contributed by atoms with Crippen molar-refractivity contribution < 1.29 is 28.0 Å². The molecule has 0 aliphatic carbocycles. The molecule has 2 rings (SSSR count). The van der Waals surface area contributed by atoms with E-state index < -0.39 is 16.1 Å². The van der Waals surface area contributed by atoms with Gasteiger partial charge < -0.3 is 15.6 Å². The van der Waals surface area contributed by atoms with Crippen molar-refractivity contribution in [2.45, 2.75) is 11.8 Å². The van der Waals surface area contributed by atoms with Crippen LogP contribution >= 0.6 is 0 Å². The number of hydrazone groups is 1. The predicted octanol–water partition coefficient (Wildman–Crippen LogP) is 1.56. The van der Waals surface area contributed by atoms with E-state index in [4.69, 9.17) is 25.6 Å². The third-order valence-electron chi connectivity index (χ3n) is 3.08. The average molecular weight is 396 g/mol. The minimum atomic E-state index is -4.02. The van der Waals surface area contributed by atoms with Crippen molar-refractivity contribution in [3.05, 3.63) is 53.6 Å². The van der Waals surface area contributed by atoms with Gasteiger partial charge in [-0.2, -0.15) is 13.5 Å². The van der Waals surface area contributed by atoms with Gasteiger partial charge in [-0.3, -0.25) is 15.2 Å². The van der Waals surface area contributed by atoms with E-state index in [1.54, 1.807) is 24.3 Å². The van der Waals surface area contributed by atoms with Crippen molar-refractivity contribution in [2.75, 3.05) is 7.11 Å². The Morgan fingerprint density at radius 1 is 1.26 bits per heavy atom. The molecule has 0 radical (unpaired) electrons. The summed E-state index contributed by atoms with van der Waals surface area (Å²) in [6, 6.07) is 10.6. The summed E-state index contributed by atoms with van der Waals surface area (Å²) in [5, 5.41) is 28.9. The fraction of sp³-hybridized carbons (Fsp3) is 0.125. The smallest absolute Gasteiger partial charge is 0.294 e. The summed E-state index contributed by atoms with van der Waals surface area (Å²) in [6.45, 7) is 1.84. The van der Waals surface area contributed by atoms with Gasteiger partial charge in [0.05, 0.1) is 18.2 Å². The number of phenolic OH excluding ortho intramolecular Hbond substituents is 1. The molecule has 0 bridgehead atoms. The first-order valence-corrected chi connectivity index (χ1v) is 8.76.